The molecule has 0 aromatic heterocycles. The molecule has 8 nitrogen and oxygen atoms in total. The lowest BCUT2D eigenvalue weighted by molar-refractivity contribution is -0.385. The van der Waals surface area contributed by atoms with Crippen LogP contribution in [0.2, 0.25) is 5.02 Å². The van der Waals surface area contributed by atoms with Gasteiger partial charge in [0.1, 0.15) is 0 Å². The summed E-state index contributed by atoms with van der Waals surface area (Å²) >= 11 is 5.81. The molecule has 0 spiro atoms. The van der Waals surface area contributed by atoms with E-state index in [2.05, 4.69) is 10.2 Å². The van der Waals surface area contributed by atoms with Crippen LogP contribution in [0.15, 0.2) is 46.6 Å². The molecule has 0 unspecified atom stereocenters. The number of benzene rings is 2. The topological polar surface area (TPSA) is 108 Å². The van der Waals surface area contributed by atoms with Crippen LogP contribution in [0.3, 0.4) is 0 Å². The number of hydrogen-bond donors (Lipinski definition) is 1. The molecule has 0 aliphatic carbocycles. The number of carbonyl (C=O) groups is 1. The Balaban J connectivity index is 1.98. The predicted molar refractivity (Wildman–Crippen MR) is 93.8 cm³/mol. The van der Waals surface area contributed by atoms with E-state index in [1.54, 1.807) is 31.3 Å². The van der Waals surface area contributed by atoms with E-state index >= 15 is 0 Å². The highest BCUT2D eigenvalue weighted by Gasteiger charge is 2.31. The van der Waals surface area contributed by atoms with Gasteiger partial charge in [-0.3, -0.25) is 14.9 Å². The number of para-hydroxylation sites is 1. The third kappa shape index (κ3) is 2.94. The molecule has 9 heteroatoms. The summed E-state index contributed by atoms with van der Waals surface area (Å²) in [5.74, 6) is -0.895. The Morgan fingerprint density at radius 2 is 2.04 bits per heavy atom. The highest BCUT2D eigenvalue weighted by molar-refractivity contribution is 6.54. The summed E-state index contributed by atoms with van der Waals surface area (Å²) in [5.41, 5.74) is 0.973. The highest BCUT2D eigenvalue weighted by Crippen LogP contribution is 2.32. The van der Waals surface area contributed by atoms with Crippen LogP contribution in [-0.4, -0.2) is 34.9 Å². The molecule has 1 aliphatic heterocycles. The van der Waals surface area contributed by atoms with E-state index in [-0.39, 0.29) is 22.2 Å². The number of fused-ring (bicyclic) bond motifs is 1. The molecular formula is C16H11ClN4O4. The molecule has 25 heavy (non-hydrogen) atoms. The molecule has 0 radical (unpaired) electrons. The fraction of sp³-hybridized carbons (Fsp3) is 0.0625. The lowest BCUT2D eigenvalue weighted by Gasteiger charge is -2.07. The van der Waals surface area contributed by atoms with Gasteiger partial charge in [0.15, 0.2) is 5.71 Å². The lowest BCUT2D eigenvalue weighted by Crippen LogP contribution is -2.25. The summed E-state index contributed by atoms with van der Waals surface area (Å²) < 4.78 is 0. The van der Waals surface area contributed by atoms with Gasteiger partial charge in [0, 0.05) is 29.3 Å². The van der Waals surface area contributed by atoms with Crippen LogP contribution in [0.1, 0.15) is 11.1 Å². The molecule has 1 aliphatic rings. The van der Waals surface area contributed by atoms with E-state index in [0.29, 0.717) is 11.3 Å². The second kappa shape index (κ2) is 6.33. The second-order valence-electron chi connectivity index (χ2n) is 5.19. The smallest absolute Gasteiger partial charge is 0.312 e. The van der Waals surface area contributed by atoms with Crippen LogP contribution in [0.4, 0.5) is 11.4 Å². The SMILES string of the molecule is CN1C(=O)/C(=N/N=C\c2cc(Cl)cc([N+](=O)[O-])c2O)c2ccccc21. The predicted octanol–water partition coefficient (Wildman–Crippen LogP) is 2.75. The minimum absolute atomic E-state index is 0.0237. The van der Waals surface area contributed by atoms with Crippen molar-refractivity contribution >= 4 is 40.8 Å². The van der Waals surface area contributed by atoms with Crippen molar-refractivity contribution in [2.24, 2.45) is 10.2 Å². The van der Waals surface area contributed by atoms with Gasteiger partial charge in [-0.2, -0.15) is 5.10 Å². The van der Waals surface area contributed by atoms with Crippen LogP contribution in [-0.2, 0) is 4.79 Å². The van der Waals surface area contributed by atoms with E-state index in [9.17, 15) is 20.0 Å². The van der Waals surface area contributed by atoms with Gasteiger partial charge in [0.05, 0.1) is 16.8 Å². The van der Waals surface area contributed by atoms with Crippen molar-refractivity contribution in [3.8, 4) is 5.75 Å². The van der Waals surface area contributed by atoms with Gasteiger partial charge in [-0.15, -0.1) is 5.10 Å². The maximum Gasteiger partial charge on any atom is 0.312 e. The highest BCUT2D eigenvalue weighted by atomic mass is 35.5. The van der Waals surface area contributed by atoms with E-state index in [1.165, 1.54) is 11.0 Å². The number of carbonyl (C=O) groups excluding carboxylic acids is 1. The number of nitro groups is 1. The van der Waals surface area contributed by atoms with Crippen molar-refractivity contribution in [1.82, 2.24) is 0 Å². The molecule has 0 saturated heterocycles. The molecule has 0 fully saturated rings. The van der Waals surface area contributed by atoms with Crippen molar-refractivity contribution in [2.75, 3.05) is 11.9 Å². The first kappa shape index (κ1) is 16.6. The van der Waals surface area contributed by atoms with Crippen LogP contribution in [0, 0.1) is 10.1 Å². The van der Waals surface area contributed by atoms with Crippen LogP contribution in [0.25, 0.3) is 0 Å². The molecule has 126 valence electrons. The quantitative estimate of drug-likeness (QED) is 0.517. The molecule has 1 amide bonds. The summed E-state index contributed by atoms with van der Waals surface area (Å²) in [6, 6.07) is 9.45. The average Bonchev–Trinajstić information content (AvgIpc) is 2.82. The number of phenolic OH excluding ortho intramolecular Hbond substituents is 1. The molecule has 2 aromatic carbocycles. The summed E-state index contributed by atoms with van der Waals surface area (Å²) in [7, 11) is 1.62. The Hall–Kier alpha value is -3.26. The van der Waals surface area contributed by atoms with Gasteiger partial charge < -0.3 is 10.0 Å². The summed E-state index contributed by atoms with van der Waals surface area (Å²) in [5, 5.41) is 28.6. The zero-order chi connectivity index (χ0) is 18.1. The van der Waals surface area contributed by atoms with Crippen molar-refractivity contribution in [3.05, 3.63) is 62.7 Å². The number of halogens is 1. The third-order valence-corrected chi connectivity index (χ3v) is 3.88. The van der Waals surface area contributed by atoms with Crippen molar-refractivity contribution < 1.29 is 14.8 Å². The Morgan fingerprint density at radius 3 is 2.76 bits per heavy atom. The monoisotopic (exact) mass is 358 g/mol. The lowest BCUT2D eigenvalue weighted by atomic mass is 10.1. The van der Waals surface area contributed by atoms with E-state index < -0.39 is 16.4 Å². The van der Waals surface area contributed by atoms with Gasteiger partial charge in [-0.05, 0) is 12.1 Å². The largest absolute Gasteiger partial charge is 0.502 e. The number of rotatable bonds is 3. The van der Waals surface area contributed by atoms with Gasteiger partial charge in [-0.25, -0.2) is 0 Å². The molecular weight excluding hydrogens is 348 g/mol. The van der Waals surface area contributed by atoms with Gasteiger partial charge in [0.25, 0.3) is 5.91 Å². The molecule has 2 aromatic rings. The fourth-order valence-electron chi connectivity index (χ4n) is 2.44. The van der Waals surface area contributed by atoms with Gasteiger partial charge in [-0.1, -0.05) is 29.8 Å². The third-order valence-electron chi connectivity index (χ3n) is 3.66. The molecule has 1 N–H and O–H groups in total. The zero-order valence-corrected chi connectivity index (χ0v) is 13.6. The number of likely N-dealkylation sites (N-methyl/N-ethyl adjacent to an activating group) is 1. The van der Waals surface area contributed by atoms with Crippen LogP contribution >= 0.6 is 11.6 Å². The maximum absolute atomic E-state index is 12.2. The minimum Gasteiger partial charge on any atom is -0.502 e. The first-order chi connectivity index (χ1) is 11.9. The number of phenols is 1. The average molecular weight is 359 g/mol. The van der Waals surface area contributed by atoms with Crippen molar-refractivity contribution in [3.63, 3.8) is 0 Å². The Morgan fingerprint density at radius 1 is 1.32 bits per heavy atom. The van der Waals surface area contributed by atoms with E-state index in [0.717, 1.165) is 12.3 Å². The Kier molecular flexibility index (Phi) is 4.20. The van der Waals surface area contributed by atoms with Crippen molar-refractivity contribution in [2.45, 2.75) is 0 Å². The summed E-state index contributed by atoms with van der Waals surface area (Å²) in [6.45, 7) is 0. The molecule has 1 heterocycles. The molecule has 0 bridgehead atoms. The van der Waals surface area contributed by atoms with Crippen LogP contribution < -0.4 is 4.90 Å². The molecule has 3 rings (SSSR count). The number of amides is 1. The first-order valence-corrected chi connectivity index (χ1v) is 7.43. The summed E-state index contributed by atoms with van der Waals surface area (Å²) in [6.07, 6.45) is 1.11. The normalized spacial score (nSPS) is 15.2. The Labute approximate surface area is 146 Å². The standard InChI is InChI=1S/C16H11ClN4O4/c1-20-12-5-3-2-4-11(12)14(16(20)23)19-18-8-9-6-10(17)7-13(15(9)22)21(24)25/h2-8,22H,1H3/b18-8-,19-14+. The van der Waals surface area contributed by atoms with E-state index in [4.69, 9.17) is 11.6 Å². The number of aromatic hydroxyl groups is 1. The molecule has 0 atom stereocenters. The summed E-state index contributed by atoms with van der Waals surface area (Å²) in [4.78, 5) is 23.8. The maximum atomic E-state index is 12.2. The van der Waals surface area contributed by atoms with E-state index in [1.807, 2.05) is 0 Å². The number of hydrogen-bond acceptors (Lipinski definition) is 6. The zero-order valence-electron chi connectivity index (χ0n) is 12.9. The first-order valence-electron chi connectivity index (χ1n) is 7.05. The van der Waals surface area contributed by atoms with Gasteiger partial charge in [0.2, 0.25) is 5.75 Å². The van der Waals surface area contributed by atoms with Crippen LogP contribution in [0.5, 0.6) is 5.75 Å². The van der Waals surface area contributed by atoms with Crippen molar-refractivity contribution in [1.29, 1.82) is 0 Å². The minimum atomic E-state index is -0.754. The Bertz CT molecular complexity index is 955. The fourth-order valence-corrected chi connectivity index (χ4v) is 2.66. The number of anilines is 1. The second-order valence-corrected chi connectivity index (χ2v) is 5.63. The number of nitrogens with zero attached hydrogens (tertiary/aromatic N) is 4. The number of nitro benzene ring substituents is 1. The van der Waals surface area contributed by atoms with Gasteiger partial charge >= 0.3 is 5.69 Å². The molecule has 0 saturated carbocycles.